The molecule has 0 fully saturated rings. The van der Waals surface area contributed by atoms with Crippen LogP contribution in [-0.2, 0) is 9.59 Å². The summed E-state index contributed by atoms with van der Waals surface area (Å²) in [5, 5.41) is 17.8. The Labute approximate surface area is 174 Å². The Hall–Kier alpha value is -3.22. The number of benzene rings is 2. The molecule has 0 spiro atoms. The summed E-state index contributed by atoms with van der Waals surface area (Å²) in [6.07, 6.45) is 3.64. The molecule has 3 aromatic rings. The maximum atomic E-state index is 8.36. The van der Waals surface area contributed by atoms with Gasteiger partial charge in [-0.25, -0.2) is 0 Å². The van der Waals surface area contributed by atoms with E-state index < -0.39 is 0 Å². The number of hydrogen-bond acceptors (Lipinski definition) is 4. The van der Waals surface area contributed by atoms with Crippen LogP contribution in [0.3, 0.4) is 0 Å². The molecule has 0 aliphatic rings. The summed E-state index contributed by atoms with van der Waals surface area (Å²) in [6.45, 7) is 0.385. The Morgan fingerprint density at radius 2 is 1.28 bits per heavy atom. The molecular weight excluding hydrogens is 392 g/mol. The van der Waals surface area contributed by atoms with Crippen molar-refractivity contribution < 1.29 is 19.8 Å². The number of likely N-dealkylation sites (N-methyl/N-ethyl adjacent to an activating group) is 1. The molecule has 1 unspecified atom stereocenters. The Morgan fingerprint density at radius 1 is 0.862 bits per heavy atom. The van der Waals surface area contributed by atoms with Crippen molar-refractivity contribution in [2.24, 2.45) is 0 Å². The quantitative estimate of drug-likeness (QED) is 0.542. The molecule has 2 aromatic carbocycles. The molecule has 0 saturated heterocycles. The summed E-state index contributed by atoms with van der Waals surface area (Å²) in [4.78, 5) is 20.8. The molecule has 3 rings (SSSR count). The van der Waals surface area contributed by atoms with Crippen LogP contribution in [0.25, 0.3) is 11.1 Å². The maximum Gasteiger partial charge on any atom is 0.290 e. The molecule has 152 valence electrons. The summed E-state index contributed by atoms with van der Waals surface area (Å²) in [7, 11) is 1.98. The number of carboxylic acid groups (broad SMARTS) is 2. The summed E-state index contributed by atoms with van der Waals surface area (Å²) >= 11 is 6.01. The standard InChI is InChI=1S/C20H19ClN2.2CH2O2/c1-22-14-20(18-6-8-19(21)9-7-18)17-4-2-15(3-5-17)16-10-12-23-13-11-16;2*2-1-3/h2-13,20,22H,14H2,1H3;2*1H,(H,2,3). The third-order valence-electron chi connectivity index (χ3n) is 4.01. The minimum atomic E-state index is -0.250. The van der Waals surface area contributed by atoms with Gasteiger partial charge in [0.1, 0.15) is 0 Å². The molecule has 0 aliphatic carbocycles. The minimum absolute atomic E-state index is 0.250. The number of carbonyl (C=O) groups is 2. The molecule has 0 saturated carbocycles. The van der Waals surface area contributed by atoms with Gasteiger partial charge >= 0.3 is 0 Å². The summed E-state index contributed by atoms with van der Waals surface area (Å²) in [5.41, 5.74) is 4.94. The van der Waals surface area contributed by atoms with E-state index in [9.17, 15) is 0 Å². The molecule has 0 bridgehead atoms. The molecule has 1 atom stereocenters. The van der Waals surface area contributed by atoms with Gasteiger partial charge in [0.25, 0.3) is 12.9 Å². The molecule has 6 nitrogen and oxygen atoms in total. The van der Waals surface area contributed by atoms with Crippen molar-refractivity contribution in [3.63, 3.8) is 0 Å². The molecule has 1 heterocycles. The zero-order valence-electron chi connectivity index (χ0n) is 15.9. The van der Waals surface area contributed by atoms with Crippen LogP contribution in [0.5, 0.6) is 0 Å². The number of pyridine rings is 1. The smallest absolute Gasteiger partial charge is 0.290 e. The van der Waals surface area contributed by atoms with Crippen LogP contribution in [0, 0.1) is 0 Å². The zero-order chi connectivity index (χ0) is 21.5. The number of nitrogens with one attached hydrogen (secondary N) is 1. The Balaban J connectivity index is 0.000000626. The van der Waals surface area contributed by atoms with E-state index in [0.29, 0.717) is 5.92 Å². The Morgan fingerprint density at radius 3 is 1.72 bits per heavy atom. The highest BCUT2D eigenvalue weighted by molar-refractivity contribution is 6.30. The van der Waals surface area contributed by atoms with Crippen LogP contribution in [0.4, 0.5) is 0 Å². The van der Waals surface area contributed by atoms with Crippen LogP contribution in [0.1, 0.15) is 17.0 Å². The first-order valence-electron chi connectivity index (χ1n) is 8.67. The predicted molar refractivity (Wildman–Crippen MR) is 114 cm³/mol. The maximum absolute atomic E-state index is 8.36. The fourth-order valence-electron chi connectivity index (χ4n) is 2.78. The number of nitrogens with zero attached hydrogens (tertiary/aromatic N) is 1. The second-order valence-electron chi connectivity index (χ2n) is 5.73. The second-order valence-corrected chi connectivity index (χ2v) is 6.17. The molecule has 3 N–H and O–H groups in total. The van der Waals surface area contributed by atoms with Crippen molar-refractivity contribution in [1.82, 2.24) is 10.3 Å². The molecular formula is C22H23ClN2O4. The molecule has 29 heavy (non-hydrogen) atoms. The van der Waals surface area contributed by atoms with Crippen LogP contribution >= 0.6 is 11.6 Å². The van der Waals surface area contributed by atoms with Gasteiger partial charge in [-0.15, -0.1) is 0 Å². The van der Waals surface area contributed by atoms with Gasteiger partial charge in [0, 0.05) is 29.9 Å². The van der Waals surface area contributed by atoms with Gasteiger partial charge in [0.05, 0.1) is 0 Å². The molecule has 0 aliphatic heterocycles. The van der Waals surface area contributed by atoms with E-state index in [-0.39, 0.29) is 12.9 Å². The van der Waals surface area contributed by atoms with Crippen molar-refractivity contribution in [2.75, 3.05) is 13.6 Å². The third kappa shape index (κ3) is 8.13. The van der Waals surface area contributed by atoms with Crippen LogP contribution in [0.15, 0.2) is 73.1 Å². The average Bonchev–Trinajstić information content (AvgIpc) is 2.75. The fourth-order valence-corrected chi connectivity index (χ4v) is 2.91. The lowest BCUT2D eigenvalue weighted by Crippen LogP contribution is -2.18. The van der Waals surface area contributed by atoms with Crippen molar-refractivity contribution in [2.45, 2.75) is 5.92 Å². The van der Waals surface area contributed by atoms with Gasteiger partial charge in [0.2, 0.25) is 0 Å². The van der Waals surface area contributed by atoms with Crippen molar-refractivity contribution >= 4 is 24.5 Å². The first kappa shape index (κ1) is 23.8. The lowest BCUT2D eigenvalue weighted by Gasteiger charge is -2.18. The topological polar surface area (TPSA) is 99.5 Å². The predicted octanol–water partition coefficient (Wildman–Crippen LogP) is 4.15. The van der Waals surface area contributed by atoms with E-state index in [1.54, 1.807) is 0 Å². The van der Waals surface area contributed by atoms with E-state index in [2.05, 4.69) is 46.7 Å². The van der Waals surface area contributed by atoms with Crippen molar-refractivity contribution in [3.05, 3.63) is 89.2 Å². The number of hydrogen-bond donors (Lipinski definition) is 3. The monoisotopic (exact) mass is 414 g/mol. The Kier molecular flexibility index (Phi) is 11.4. The highest BCUT2D eigenvalue weighted by Gasteiger charge is 2.13. The van der Waals surface area contributed by atoms with Gasteiger partial charge in [-0.2, -0.15) is 0 Å². The summed E-state index contributed by atoms with van der Waals surface area (Å²) in [6, 6.07) is 20.9. The fraction of sp³-hybridized carbons (Fsp3) is 0.136. The molecule has 7 heteroatoms. The lowest BCUT2D eigenvalue weighted by atomic mass is 9.90. The molecule has 0 amide bonds. The lowest BCUT2D eigenvalue weighted by molar-refractivity contribution is -0.123. The van der Waals surface area contributed by atoms with Crippen molar-refractivity contribution in [3.8, 4) is 11.1 Å². The summed E-state index contributed by atoms with van der Waals surface area (Å²) in [5.74, 6) is 0.309. The largest absolute Gasteiger partial charge is 0.483 e. The normalized spacial score (nSPS) is 10.4. The number of aromatic nitrogens is 1. The van der Waals surface area contributed by atoms with E-state index in [0.717, 1.165) is 11.6 Å². The molecule has 0 radical (unpaired) electrons. The average molecular weight is 415 g/mol. The van der Waals surface area contributed by atoms with Crippen molar-refractivity contribution in [1.29, 1.82) is 0 Å². The van der Waals surface area contributed by atoms with E-state index in [1.165, 1.54) is 22.3 Å². The third-order valence-corrected chi connectivity index (χ3v) is 4.26. The van der Waals surface area contributed by atoms with Gasteiger partial charge in [-0.3, -0.25) is 14.6 Å². The van der Waals surface area contributed by atoms with Gasteiger partial charge in [-0.1, -0.05) is 48.0 Å². The van der Waals surface area contributed by atoms with E-state index in [1.807, 2.05) is 43.7 Å². The highest BCUT2D eigenvalue weighted by Crippen LogP contribution is 2.27. The number of rotatable bonds is 5. The van der Waals surface area contributed by atoms with E-state index in [4.69, 9.17) is 31.4 Å². The van der Waals surface area contributed by atoms with Crippen LogP contribution < -0.4 is 5.32 Å². The minimum Gasteiger partial charge on any atom is -0.483 e. The second kappa shape index (κ2) is 13.9. The van der Waals surface area contributed by atoms with E-state index >= 15 is 0 Å². The van der Waals surface area contributed by atoms with Gasteiger partial charge < -0.3 is 15.5 Å². The van der Waals surface area contributed by atoms with Crippen LogP contribution in [-0.4, -0.2) is 41.7 Å². The summed E-state index contributed by atoms with van der Waals surface area (Å²) < 4.78 is 0. The first-order valence-corrected chi connectivity index (χ1v) is 9.05. The SMILES string of the molecule is CNCC(c1ccc(Cl)cc1)c1ccc(-c2ccncc2)cc1.O=CO.O=CO. The Bertz CT molecular complexity index is 835. The highest BCUT2D eigenvalue weighted by atomic mass is 35.5. The number of halogens is 1. The van der Waals surface area contributed by atoms with Crippen LogP contribution in [0.2, 0.25) is 5.02 Å². The first-order chi connectivity index (χ1) is 14.1. The van der Waals surface area contributed by atoms with Gasteiger partial charge in [0.15, 0.2) is 0 Å². The zero-order valence-corrected chi connectivity index (χ0v) is 16.7. The molecule has 1 aromatic heterocycles. The van der Waals surface area contributed by atoms with Gasteiger partial charge in [-0.05, 0) is 53.6 Å².